The summed E-state index contributed by atoms with van der Waals surface area (Å²) in [5, 5.41) is 0. The third-order valence-corrected chi connectivity index (χ3v) is 5.07. The van der Waals surface area contributed by atoms with Gasteiger partial charge in [-0.3, -0.25) is 4.55 Å². The Hall–Kier alpha value is 0.260. The normalized spacial score (nSPS) is 23.8. The molecule has 0 atom stereocenters. The molecule has 1 aliphatic carbocycles. The second-order valence-electron chi connectivity index (χ2n) is 3.38. The van der Waals surface area contributed by atoms with Crippen LogP contribution in [0.25, 0.3) is 0 Å². The number of hydrogen-bond acceptors (Lipinski definition) is 3. The van der Waals surface area contributed by atoms with E-state index in [0.29, 0.717) is 12.8 Å². The molecule has 5 heteroatoms. The molecule has 0 heterocycles. The van der Waals surface area contributed by atoms with E-state index in [0.717, 1.165) is 19.3 Å². The lowest BCUT2D eigenvalue weighted by atomic mass is 9.90. The van der Waals surface area contributed by atoms with Crippen LogP contribution >= 0.6 is 12.6 Å². The molecule has 0 aliphatic heterocycles. The van der Waals surface area contributed by atoms with Gasteiger partial charge in [0, 0.05) is 5.75 Å². The molecule has 0 aromatic heterocycles. The highest BCUT2D eigenvalue weighted by Crippen LogP contribution is 2.35. The van der Waals surface area contributed by atoms with Crippen LogP contribution in [0.5, 0.6) is 0 Å². The van der Waals surface area contributed by atoms with Crippen molar-refractivity contribution < 1.29 is 13.0 Å². The van der Waals surface area contributed by atoms with Gasteiger partial charge in [-0.15, -0.1) is 0 Å². The van der Waals surface area contributed by atoms with Crippen LogP contribution in [0, 0.1) is 0 Å². The summed E-state index contributed by atoms with van der Waals surface area (Å²) in [4.78, 5) is 0. The van der Waals surface area contributed by atoms with Gasteiger partial charge in [0.15, 0.2) is 0 Å². The zero-order valence-electron chi connectivity index (χ0n) is 6.86. The predicted octanol–water partition coefficient (Wildman–Crippen LogP) is 1.51. The van der Waals surface area contributed by atoms with Crippen molar-refractivity contribution >= 4 is 22.7 Å². The molecule has 0 spiro atoms. The molecule has 0 aromatic carbocycles. The monoisotopic (exact) mass is 210 g/mol. The summed E-state index contributed by atoms with van der Waals surface area (Å²) in [5.74, 6) is 0.228. The highest BCUT2D eigenvalue weighted by Gasteiger charge is 2.42. The SMILES string of the molecule is O=S(=O)(O)C1(CS)CCCCC1. The maximum Gasteiger partial charge on any atom is 0.271 e. The molecule has 1 aliphatic rings. The summed E-state index contributed by atoms with van der Waals surface area (Å²) in [6.45, 7) is 0. The lowest BCUT2D eigenvalue weighted by Gasteiger charge is -2.32. The summed E-state index contributed by atoms with van der Waals surface area (Å²) < 4.78 is 30.2. The fourth-order valence-electron chi connectivity index (χ4n) is 1.69. The first-order chi connectivity index (χ1) is 5.52. The Morgan fingerprint density at radius 3 is 2.00 bits per heavy atom. The average molecular weight is 210 g/mol. The molecule has 0 saturated heterocycles. The van der Waals surface area contributed by atoms with Crippen molar-refractivity contribution in [1.29, 1.82) is 0 Å². The van der Waals surface area contributed by atoms with Crippen molar-refractivity contribution in [3.63, 3.8) is 0 Å². The largest absolute Gasteiger partial charge is 0.285 e. The van der Waals surface area contributed by atoms with E-state index in [-0.39, 0.29) is 5.75 Å². The highest BCUT2D eigenvalue weighted by molar-refractivity contribution is 7.89. The minimum atomic E-state index is -3.91. The van der Waals surface area contributed by atoms with Crippen molar-refractivity contribution in [3.05, 3.63) is 0 Å². The minimum absolute atomic E-state index is 0.228. The molecular formula is C7H14O3S2. The Labute approximate surface area is 78.7 Å². The van der Waals surface area contributed by atoms with Gasteiger partial charge in [0.2, 0.25) is 0 Å². The van der Waals surface area contributed by atoms with Gasteiger partial charge in [0.05, 0.1) is 0 Å². The first-order valence-electron chi connectivity index (χ1n) is 4.10. The van der Waals surface area contributed by atoms with Crippen LogP contribution in [0.2, 0.25) is 0 Å². The summed E-state index contributed by atoms with van der Waals surface area (Å²) in [6, 6.07) is 0. The highest BCUT2D eigenvalue weighted by atomic mass is 32.2. The van der Waals surface area contributed by atoms with Gasteiger partial charge in [-0.1, -0.05) is 19.3 Å². The Morgan fingerprint density at radius 1 is 1.25 bits per heavy atom. The average Bonchev–Trinajstić information content (AvgIpc) is 2.04. The van der Waals surface area contributed by atoms with Crippen molar-refractivity contribution in [2.45, 2.75) is 36.9 Å². The van der Waals surface area contributed by atoms with Gasteiger partial charge in [-0.05, 0) is 12.8 Å². The van der Waals surface area contributed by atoms with E-state index in [4.69, 9.17) is 4.55 Å². The lowest BCUT2D eigenvalue weighted by Crippen LogP contribution is -2.42. The Balaban J connectivity index is 2.88. The second kappa shape index (κ2) is 3.55. The topological polar surface area (TPSA) is 54.4 Å². The number of thiol groups is 1. The van der Waals surface area contributed by atoms with E-state index >= 15 is 0 Å². The Kier molecular flexibility index (Phi) is 3.06. The van der Waals surface area contributed by atoms with Crippen LogP contribution in [0.4, 0.5) is 0 Å². The third kappa shape index (κ3) is 1.78. The predicted molar refractivity (Wildman–Crippen MR) is 51.2 cm³/mol. The number of hydrogen-bond donors (Lipinski definition) is 2. The first kappa shape index (κ1) is 10.3. The summed E-state index contributed by atoms with van der Waals surface area (Å²) in [5.41, 5.74) is 0. The van der Waals surface area contributed by atoms with Gasteiger partial charge in [0.25, 0.3) is 10.1 Å². The van der Waals surface area contributed by atoms with Crippen LogP contribution in [0.3, 0.4) is 0 Å². The van der Waals surface area contributed by atoms with Crippen molar-refractivity contribution in [2.24, 2.45) is 0 Å². The molecule has 0 radical (unpaired) electrons. The van der Waals surface area contributed by atoms with E-state index in [1.165, 1.54) is 0 Å². The van der Waals surface area contributed by atoms with E-state index in [1.807, 2.05) is 0 Å². The molecule has 1 fully saturated rings. The zero-order chi connectivity index (χ0) is 9.24. The van der Waals surface area contributed by atoms with Gasteiger partial charge in [-0.25, -0.2) is 0 Å². The lowest BCUT2D eigenvalue weighted by molar-refractivity contribution is 0.361. The second-order valence-corrected chi connectivity index (χ2v) is 5.51. The van der Waals surface area contributed by atoms with E-state index in [2.05, 4.69) is 12.6 Å². The van der Waals surface area contributed by atoms with Crippen LogP contribution in [0.1, 0.15) is 32.1 Å². The van der Waals surface area contributed by atoms with E-state index in [9.17, 15) is 8.42 Å². The molecule has 0 bridgehead atoms. The molecule has 12 heavy (non-hydrogen) atoms. The van der Waals surface area contributed by atoms with Crippen molar-refractivity contribution in [1.82, 2.24) is 0 Å². The van der Waals surface area contributed by atoms with Crippen LogP contribution in [-0.2, 0) is 10.1 Å². The smallest absolute Gasteiger partial charge is 0.271 e. The Bertz CT molecular complexity index is 239. The zero-order valence-corrected chi connectivity index (χ0v) is 8.57. The fourth-order valence-corrected chi connectivity index (χ4v) is 3.47. The molecule has 0 aromatic rings. The van der Waals surface area contributed by atoms with Crippen molar-refractivity contribution in [3.8, 4) is 0 Å². The molecular weight excluding hydrogens is 196 g/mol. The maximum absolute atomic E-state index is 11.0. The standard InChI is InChI=1S/C7H14O3S2/c8-12(9,10)7(6-11)4-2-1-3-5-7/h11H,1-6H2,(H,8,9,10). The van der Waals surface area contributed by atoms with Crippen molar-refractivity contribution in [2.75, 3.05) is 5.75 Å². The minimum Gasteiger partial charge on any atom is -0.285 e. The summed E-state index contributed by atoms with van der Waals surface area (Å²) in [7, 11) is -3.91. The van der Waals surface area contributed by atoms with E-state index in [1.54, 1.807) is 0 Å². The van der Waals surface area contributed by atoms with Gasteiger partial charge in [-0.2, -0.15) is 21.0 Å². The molecule has 72 valence electrons. The Morgan fingerprint density at radius 2 is 1.75 bits per heavy atom. The van der Waals surface area contributed by atoms with Crippen LogP contribution in [-0.4, -0.2) is 23.5 Å². The van der Waals surface area contributed by atoms with Gasteiger partial charge < -0.3 is 0 Å². The quantitative estimate of drug-likeness (QED) is 0.536. The summed E-state index contributed by atoms with van der Waals surface area (Å²) >= 11 is 4.00. The molecule has 1 saturated carbocycles. The fraction of sp³-hybridized carbons (Fsp3) is 1.00. The molecule has 0 unspecified atom stereocenters. The number of rotatable bonds is 2. The summed E-state index contributed by atoms with van der Waals surface area (Å²) in [6.07, 6.45) is 3.91. The first-order valence-corrected chi connectivity index (χ1v) is 6.17. The molecule has 1 N–H and O–H groups in total. The van der Waals surface area contributed by atoms with Gasteiger partial charge >= 0.3 is 0 Å². The third-order valence-electron chi connectivity index (χ3n) is 2.60. The molecule has 3 nitrogen and oxygen atoms in total. The maximum atomic E-state index is 11.0. The van der Waals surface area contributed by atoms with E-state index < -0.39 is 14.9 Å². The van der Waals surface area contributed by atoms with Gasteiger partial charge in [0.1, 0.15) is 4.75 Å². The molecule has 0 amide bonds. The van der Waals surface area contributed by atoms with Crippen LogP contribution < -0.4 is 0 Å². The molecule has 1 rings (SSSR count). The van der Waals surface area contributed by atoms with Crippen LogP contribution in [0.15, 0.2) is 0 Å².